The molecule has 0 atom stereocenters. The van der Waals surface area contributed by atoms with Crippen molar-refractivity contribution in [3.8, 4) is 6.07 Å². The van der Waals surface area contributed by atoms with Crippen LogP contribution in [-0.4, -0.2) is 4.57 Å². The van der Waals surface area contributed by atoms with Crippen LogP contribution >= 0.6 is 0 Å². The predicted molar refractivity (Wildman–Crippen MR) is 53.9 cm³/mol. The summed E-state index contributed by atoms with van der Waals surface area (Å²) in [6, 6.07) is 9.22. The Hall–Kier alpha value is -2.08. The van der Waals surface area contributed by atoms with Gasteiger partial charge in [0, 0.05) is 24.0 Å². The Morgan fingerprint density at radius 1 is 1.29 bits per heavy atom. The first-order chi connectivity index (χ1) is 6.74. The second kappa shape index (κ2) is 3.00. The molecule has 2 rings (SSSR count). The van der Waals surface area contributed by atoms with Gasteiger partial charge in [0.05, 0.1) is 5.56 Å². The van der Waals surface area contributed by atoms with E-state index in [0.717, 1.165) is 5.39 Å². The third-order valence-electron chi connectivity index (χ3n) is 2.21. The Labute approximate surface area is 80.8 Å². The van der Waals surface area contributed by atoms with Crippen LogP contribution in [0.2, 0.25) is 0 Å². The van der Waals surface area contributed by atoms with Crippen LogP contribution in [0.15, 0.2) is 35.3 Å². The van der Waals surface area contributed by atoms with Crippen LogP contribution in [0.4, 0.5) is 0 Å². The molecule has 0 aliphatic carbocycles. The van der Waals surface area contributed by atoms with E-state index in [4.69, 9.17) is 5.26 Å². The molecule has 0 N–H and O–H groups in total. The molecule has 0 amide bonds. The van der Waals surface area contributed by atoms with E-state index in [0.29, 0.717) is 10.9 Å². The molecule has 0 aliphatic heterocycles. The number of fused-ring (bicyclic) bond motifs is 1. The Morgan fingerprint density at radius 2 is 1.93 bits per heavy atom. The summed E-state index contributed by atoms with van der Waals surface area (Å²) >= 11 is 0. The van der Waals surface area contributed by atoms with E-state index in [1.165, 1.54) is 4.57 Å². The van der Waals surface area contributed by atoms with E-state index >= 15 is 0 Å². The Bertz CT molecular complexity index is 590. The fourth-order valence-corrected chi connectivity index (χ4v) is 1.51. The molecule has 0 saturated heterocycles. The second-order valence-electron chi connectivity index (χ2n) is 3.12. The molecule has 3 nitrogen and oxygen atoms in total. The van der Waals surface area contributed by atoms with Crippen molar-refractivity contribution in [1.82, 2.24) is 4.57 Å². The van der Waals surface area contributed by atoms with Gasteiger partial charge in [-0.2, -0.15) is 5.26 Å². The molecule has 0 fully saturated rings. The number of hydrogen-bond donors (Lipinski definition) is 0. The maximum atomic E-state index is 11.6. The van der Waals surface area contributed by atoms with E-state index in [9.17, 15) is 4.79 Å². The zero-order valence-corrected chi connectivity index (χ0v) is 7.69. The fraction of sp³-hybridized carbons (Fsp3) is 0.0909. The van der Waals surface area contributed by atoms with Crippen LogP contribution in [0, 0.1) is 11.3 Å². The van der Waals surface area contributed by atoms with E-state index in [1.54, 1.807) is 31.4 Å². The topological polar surface area (TPSA) is 45.8 Å². The third kappa shape index (κ3) is 1.09. The highest BCUT2D eigenvalue weighted by Gasteiger charge is 2.04. The van der Waals surface area contributed by atoms with E-state index in [-0.39, 0.29) is 5.56 Å². The fourth-order valence-electron chi connectivity index (χ4n) is 1.51. The predicted octanol–water partition coefficient (Wildman–Crippen LogP) is 1.41. The minimum Gasteiger partial charge on any atom is -0.317 e. The molecule has 0 saturated carbocycles. The summed E-state index contributed by atoms with van der Waals surface area (Å²) in [6.45, 7) is 0. The summed E-state index contributed by atoms with van der Waals surface area (Å²) < 4.78 is 1.43. The maximum absolute atomic E-state index is 11.6. The van der Waals surface area contributed by atoms with Crippen molar-refractivity contribution in [3.63, 3.8) is 0 Å². The van der Waals surface area contributed by atoms with E-state index in [2.05, 4.69) is 6.07 Å². The van der Waals surface area contributed by atoms with Gasteiger partial charge in [0.1, 0.15) is 6.07 Å². The lowest BCUT2D eigenvalue weighted by atomic mass is 10.1. The zero-order chi connectivity index (χ0) is 10.1. The quantitative estimate of drug-likeness (QED) is 0.621. The lowest BCUT2D eigenvalue weighted by Crippen LogP contribution is -2.16. The SMILES string of the molecule is Cn1cc(C#N)c2ccccc2c1=O. The smallest absolute Gasteiger partial charge is 0.258 e. The van der Waals surface area contributed by atoms with Gasteiger partial charge in [-0.1, -0.05) is 18.2 Å². The van der Waals surface area contributed by atoms with E-state index in [1.807, 2.05) is 6.07 Å². The van der Waals surface area contributed by atoms with Gasteiger partial charge >= 0.3 is 0 Å². The lowest BCUT2D eigenvalue weighted by molar-refractivity contribution is 0.870. The highest BCUT2D eigenvalue weighted by atomic mass is 16.1. The normalized spacial score (nSPS) is 10.0. The monoisotopic (exact) mass is 184 g/mol. The standard InChI is InChI=1S/C11H8N2O/c1-13-7-8(6-12)9-4-2-3-5-10(9)11(13)14/h2-5,7H,1H3. The highest BCUT2D eigenvalue weighted by molar-refractivity contribution is 5.86. The van der Waals surface area contributed by atoms with Crippen molar-refractivity contribution in [1.29, 1.82) is 5.26 Å². The molecule has 2 aromatic rings. The van der Waals surface area contributed by atoms with Crippen LogP contribution in [0.25, 0.3) is 10.8 Å². The molecule has 1 aromatic heterocycles. The van der Waals surface area contributed by atoms with Crippen LogP contribution in [0.1, 0.15) is 5.56 Å². The Balaban J connectivity index is 3.07. The first-order valence-electron chi connectivity index (χ1n) is 4.22. The van der Waals surface area contributed by atoms with Crippen molar-refractivity contribution in [2.45, 2.75) is 0 Å². The van der Waals surface area contributed by atoms with Gasteiger partial charge in [-0.25, -0.2) is 0 Å². The molecule has 0 unspecified atom stereocenters. The number of benzene rings is 1. The molecule has 0 radical (unpaired) electrons. The third-order valence-corrected chi connectivity index (χ3v) is 2.21. The molecule has 1 heterocycles. The summed E-state index contributed by atoms with van der Waals surface area (Å²) in [7, 11) is 1.65. The van der Waals surface area contributed by atoms with Gasteiger partial charge in [-0.15, -0.1) is 0 Å². The van der Waals surface area contributed by atoms with Crippen LogP contribution in [0.5, 0.6) is 0 Å². The van der Waals surface area contributed by atoms with Gasteiger partial charge in [0.2, 0.25) is 0 Å². The minimum atomic E-state index is -0.0698. The summed E-state index contributed by atoms with van der Waals surface area (Å²) in [5.41, 5.74) is 0.460. The van der Waals surface area contributed by atoms with Crippen LogP contribution < -0.4 is 5.56 Å². The summed E-state index contributed by atoms with van der Waals surface area (Å²) in [4.78, 5) is 11.6. The molecule has 1 aromatic carbocycles. The van der Waals surface area contributed by atoms with Crippen molar-refractivity contribution in [2.24, 2.45) is 7.05 Å². The number of nitrogens with zero attached hydrogens (tertiary/aromatic N) is 2. The van der Waals surface area contributed by atoms with Gasteiger partial charge in [0.25, 0.3) is 5.56 Å². The zero-order valence-electron chi connectivity index (χ0n) is 7.69. The first kappa shape index (κ1) is 8.52. The number of hydrogen-bond acceptors (Lipinski definition) is 2. The van der Waals surface area contributed by atoms with Crippen molar-refractivity contribution in [2.75, 3.05) is 0 Å². The summed E-state index contributed by atoms with van der Waals surface area (Å²) in [5.74, 6) is 0. The average molecular weight is 184 g/mol. The highest BCUT2D eigenvalue weighted by Crippen LogP contribution is 2.13. The number of rotatable bonds is 0. The summed E-state index contributed by atoms with van der Waals surface area (Å²) in [5, 5.41) is 10.2. The van der Waals surface area contributed by atoms with Crippen molar-refractivity contribution in [3.05, 3.63) is 46.4 Å². The van der Waals surface area contributed by atoms with Gasteiger partial charge < -0.3 is 4.57 Å². The Morgan fingerprint density at radius 3 is 2.57 bits per heavy atom. The molecule has 68 valence electrons. The maximum Gasteiger partial charge on any atom is 0.258 e. The molecular formula is C11H8N2O. The average Bonchev–Trinajstić information content (AvgIpc) is 2.23. The Kier molecular flexibility index (Phi) is 1.83. The molecule has 14 heavy (non-hydrogen) atoms. The second-order valence-corrected chi connectivity index (χ2v) is 3.12. The lowest BCUT2D eigenvalue weighted by Gasteiger charge is -2.02. The van der Waals surface area contributed by atoms with Gasteiger partial charge in [0.15, 0.2) is 0 Å². The van der Waals surface area contributed by atoms with Crippen molar-refractivity contribution >= 4 is 10.8 Å². The van der Waals surface area contributed by atoms with Crippen molar-refractivity contribution < 1.29 is 0 Å². The largest absolute Gasteiger partial charge is 0.317 e. The number of nitriles is 1. The number of aromatic nitrogens is 1. The molecule has 0 spiro atoms. The van der Waals surface area contributed by atoms with Crippen LogP contribution in [-0.2, 0) is 7.05 Å². The molecule has 0 bridgehead atoms. The molecule has 3 heteroatoms. The van der Waals surface area contributed by atoms with Gasteiger partial charge in [-0.05, 0) is 6.07 Å². The minimum absolute atomic E-state index is 0.0698. The molecular weight excluding hydrogens is 176 g/mol. The van der Waals surface area contributed by atoms with Crippen LogP contribution in [0.3, 0.4) is 0 Å². The number of aryl methyl sites for hydroxylation is 1. The first-order valence-corrected chi connectivity index (χ1v) is 4.22. The van der Waals surface area contributed by atoms with Gasteiger partial charge in [-0.3, -0.25) is 4.79 Å². The van der Waals surface area contributed by atoms with E-state index < -0.39 is 0 Å². The molecule has 0 aliphatic rings. The summed E-state index contributed by atoms with van der Waals surface area (Å²) in [6.07, 6.45) is 1.56. The number of pyridine rings is 1.